The standard InChI is InChI=1S/C22H21FN4O3/c23-19-5-2-6-20-21(19)29-12-9-27(20)22-24-14-18(15-25-22)30-17-4-1-3-16(13-17)26-7-10-28-11-8-26/h1-6,13-15H,7-12H2. The van der Waals surface area contributed by atoms with Gasteiger partial charge in [-0.2, -0.15) is 0 Å². The molecular formula is C22H21FN4O3. The zero-order chi connectivity index (χ0) is 20.3. The number of hydrogen-bond donors (Lipinski definition) is 0. The molecule has 0 atom stereocenters. The van der Waals surface area contributed by atoms with Crippen molar-refractivity contribution in [3.63, 3.8) is 0 Å². The highest BCUT2D eigenvalue weighted by molar-refractivity contribution is 5.67. The quantitative estimate of drug-likeness (QED) is 0.651. The van der Waals surface area contributed by atoms with Crippen molar-refractivity contribution in [3.8, 4) is 17.2 Å². The molecule has 1 saturated heterocycles. The second-order valence-electron chi connectivity index (χ2n) is 7.01. The molecule has 8 heteroatoms. The molecule has 7 nitrogen and oxygen atoms in total. The number of fused-ring (bicyclic) bond motifs is 1. The summed E-state index contributed by atoms with van der Waals surface area (Å²) >= 11 is 0. The van der Waals surface area contributed by atoms with Gasteiger partial charge in [-0.3, -0.25) is 0 Å². The molecule has 1 aromatic heterocycles. The number of morpholine rings is 1. The van der Waals surface area contributed by atoms with Crippen LogP contribution >= 0.6 is 0 Å². The minimum Gasteiger partial charge on any atom is -0.486 e. The van der Waals surface area contributed by atoms with Crippen molar-refractivity contribution >= 4 is 17.3 Å². The van der Waals surface area contributed by atoms with Crippen molar-refractivity contribution in [3.05, 3.63) is 60.7 Å². The first-order valence-electron chi connectivity index (χ1n) is 9.89. The van der Waals surface area contributed by atoms with Gasteiger partial charge in [-0.1, -0.05) is 12.1 Å². The Morgan fingerprint density at radius 3 is 2.53 bits per heavy atom. The number of para-hydroxylation sites is 1. The van der Waals surface area contributed by atoms with Gasteiger partial charge in [0, 0.05) is 24.8 Å². The van der Waals surface area contributed by atoms with E-state index in [0.29, 0.717) is 36.3 Å². The largest absolute Gasteiger partial charge is 0.486 e. The predicted molar refractivity (Wildman–Crippen MR) is 110 cm³/mol. The van der Waals surface area contributed by atoms with Gasteiger partial charge < -0.3 is 24.0 Å². The van der Waals surface area contributed by atoms with Gasteiger partial charge in [0.1, 0.15) is 12.4 Å². The van der Waals surface area contributed by atoms with Gasteiger partial charge in [0.25, 0.3) is 0 Å². The summed E-state index contributed by atoms with van der Waals surface area (Å²) in [6, 6.07) is 12.8. The van der Waals surface area contributed by atoms with Crippen LogP contribution in [0, 0.1) is 5.82 Å². The highest BCUT2D eigenvalue weighted by Crippen LogP contribution is 2.37. The first-order valence-corrected chi connectivity index (χ1v) is 9.89. The van der Waals surface area contributed by atoms with Crippen LogP contribution in [0.4, 0.5) is 21.7 Å². The van der Waals surface area contributed by atoms with E-state index in [1.165, 1.54) is 6.07 Å². The zero-order valence-corrected chi connectivity index (χ0v) is 16.3. The molecule has 2 aliphatic heterocycles. The van der Waals surface area contributed by atoms with Gasteiger partial charge in [0.15, 0.2) is 17.3 Å². The van der Waals surface area contributed by atoms with Crippen LogP contribution in [0.15, 0.2) is 54.9 Å². The molecule has 1 fully saturated rings. The van der Waals surface area contributed by atoms with Crippen molar-refractivity contribution in [2.45, 2.75) is 0 Å². The van der Waals surface area contributed by atoms with E-state index in [2.05, 4.69) is 20.9 Å². The molecule has 3 aromatic rings. The molecule has 2 aliphatic rings. The molecule has 5 rings (SSSR count). The minimum atomic E-state index is -0.391. The maximum absolute atomic E-state index is 14.0. The van der Waals surface area contributed by atoms with E-state index in [1.807, 2.05) is 23.1 Å². The lowest BCUT2D eigenvalue weighted by Crippen LogP contribution is -2.36. The van der Waals surface area contributed by atoms with Crippen molar-refractivity contribution in [1.29, 1.82) is 0 Å². The number of nitrogens with zero attached hydrogens (tertiary/aromatic N) is 4. The number of rotatable bonds is 4. The molecule has 30 heavy (non-hydrogen) atoms. The van der Waals surface area contributed by atoms with Crippen LogP contribution in [0.25, 0.3) is 0 Å². The number of hydrogen-bond acceptors (Lipinski definition) is 7. The molecule has 2 aromatic carbocycles. The summed E-state index contributed by atoms with van der Waals surface area (Å²) in [5.74, 6) is 1.56. The Morgan fingerprint density at radius 2 is 1.70 bits per heavy atom. The smallest absolute Gasteiger partial charge is 0.230 e. The maximum atomic E-state index is 14.0. The first kappa shape index (κ1) is 18.6. The van der Waals surface area contributed by atoms with Crippen molar-refractivity contribution < 1.29 is 18.6 Å². The molecular weight excluding hydrogens is 387 g/mol. The van der Waals surface area contributed by atoms with Crippen LogP contribution < -0.4 is 19.3 Å². The Balaban J connectivity index is 1.33. The molecule has 0 N–H and O–H groups in total. The fourth-order valence-corrected chi connectivity index (χ4v) is 3.62. The third-order valence-corrected chi connectivity index (χ3v) is 5.08. The highest BCUT2D eigenvalue weighted by atomic mass is 19.1. The number of ether oxygens (including phenoxy) is 3. The Hall–Kier alpha value is -3.39. The monoisotopic (exact) mass is 408 g/mol. The lowest BCUT2D eigenvalue weighted by Gasteiger charge is -2.29. The first-order chi connectivity index (χ1) is 14.8. The molecule has 0 unspecified atom stereocenters. The fourth-order valence-electron chi connectivity index (χ4n) is 3.62. The highest BCUT2D eigenvalue weighted by Gasteiger charge is 2.24. The molecule has 0 radical (unpaired) electrons. The van der Waals surface area contributed by atoms with E-state index >= 15 is 0 Å². The average molecular weight is 408 g/mol. The van der Waals surface area contributed by atoms with Crippen LogP contribution in [0.1, 0.15) is 0 Å². The molecule has 0 spiro atoms. The summed E-state index contributed by atoms with van der Waals surface area (Å²) in [5, 5.41) is 0. The Bertz CT molecular complexity index is 1030. The molecule has 0 saturated carbocycles. The minimum absolute atomic E-state index is 0.229. The molecule has 0 aliphatic carbocycles. The Labute approximate surface area is 173 Å². The van der Waals surface area contributed by atoms with Crippen LogP contribution in [0.2, 0.25) is 0 Å². The SMILES string of the molecule is Fc1cccc2c1OCCN2c1ncc(Oc2cccc(N3CCOCC3)c2)cn1. The zero-order valence-electron chi connectivity index (χ0n) is 16.3. The van der Waals surface area contributed by atoms with Gasteiger partial charge >= 0.3 is 0 Å². The van der Waals surface area contributed by atoms with Crippen LogP contribution in [0.3, 0.4) is 0 Å². The number of aromatic nitrogens is 2. The van der Waals surface area contributed by atoms with Gasteiger partial charge in [0.05, 0.1) is 37.8 Å². The van der Waals surface area contributed by atoms with Crippen LogP contribution in [-0.2, 0) is 4.74 Å². The maximum Gasteiger partial charge on any atom is 0.230 e. The van der Waals surface area contributed by atoms with Gasteiger partial charge in [-0.15, -0.1) is 0 Å². The van der Waals surface area contributed by atoms with Gasteiger partial charge in [-0.05, 0) is 24.3 Å². The van der Waals surface area contributed by atoms with Crippen LogP contribution in [-0.4, -0.2) is 49.4 Å². The Kier molecular flexibility index (Phi) is 5.06. The fraction of sp³-hybridized carbons (Fsp3) is 0.273. The predicted octanol–water partition coefficient (Wildman–Crippen LogP) is 3.78. The third kappa shape index (κ3) is 3.73. The van der Waals surface area contributed by atoms with Crippen molar-refractivity contribution in [2.75, 3.05) is 49.3 Å². The van der Waals surface area contributed by atoms with E-state index in [0.717, 1.165) is 32.0 Å². The summed E-state index contributed by atoms with van der Waals surface area (Å²) in [6.45, 7) is 4.10. The molecule has 0 amide bonds. The molecule has 0 bridgehead atoms. The topological polar surface area (TPSA) is 60.0 Å². The molecule has 3 heterocycles. The van der Waals surface area contributed by atoms with Crippen molar-refractivity contribution in [2.24, 2.45) is 0 Å². The normalized spacial score (nSPS) is 16.0. The summed E-state index contributed by atoms with van der Waals surface area (Å²) in [6.07, 6.45) is 3.25. The van der Waals surface area contributed by atoms with E-state index in [-0.39, 0.29) is 5.75 Å². The lowest BCUT2D eigenvalue weighted by molar-refractivity contribution is 0.122. The van der Waals surface area contributed by atoms with E-state index in [1.54, 1.807) is 24.5 Å². The van der Waals surface area contributed by atoms with Crippen molar-refractivity contribution in [1.82, 2.24) is 9.97 Å². The second-order valence-corrected chi connectivity index (χ2v) is 7.01. The second kappa shape index (κ2) is 8.16. The summed E-state index contributed by atoms with van der Waals surface area (Å²) in [5.41, 5.74) is 1.72. The molecule has 154 valence electrons. The lowest BCUT2D eigenvalue weighted by atomic mass is 10.2. The third-order valence-electron chi connectivity index (χ3n) is 5.08. The average Bonchev–Trinajstić information content (AvgIpc) is 2.80. The van der Waals surface area contributed by atoms with E-state index < -0.39 is 5.82 Å². The summed E-state index contributed by atoms with van der Waals surface area (Å²) < 4.78 is 30.8. The number of anilines is 3. The number of halogens is 1. The van der Waals surface area contributed by atoms with E-state index in [4.69, 9.17) is 14.2 Å². The van der Waals surface area contributed by atoms with Gasteiger partial charge in [0.2, 0.25) is 5.95 Å². The number of benzene rings is 2. The van der Waals surface area contributed by atoms with E-state index in [9.17, 15) is 4.39 Å². The summed E-state index contributed by atoms with van der Waals surface area (Å²) in [7, 11) is 0. The Morgan fingerprint density at radius 1 is 0.900 bits per heavy atom. The van der Waals surface area contributed by atoms with Gasteiger partial charge in [-0.25, -0.2) is 14.4 Å². The summed E-state index contributed by atoms with van der Waals surface area (Å²) in [4.78, 5) is 13.0. The van der Waals surface area contributed by atoms with Crippen LogP contribution in [0.5, 0.6) is 17.2 Å².